The molecule has 7 heteroatoms. The summed E-state index contributed by atoms with van der Waals surface area (Å²) in [6.07, 6.45) is 0. The van der Waals surface area contributed by atoms with E-state index in [0.29, 0.717) is 28.5 Å². The van der Waals surface area contributed by atoms with Crippen molar-refractivity contribution in [3.05, 3.63) is 106 Å². The molecule has 0 saturated carbocycles. The molecule has 0 spiro atoms. The third kappa shape index (κ3) is 5.24. The van der Waals surface area contributed by atoms with Gasteiger partial charge in [0.05, 0.1) is 18.2 Å². The average molecular weight is 492 g/mol. The van der Waals surface area contributed by atoms with Crippen LogP contribution in [0.4, 0.5) is 0 Å². The van der Waals surface area contributed by atoms with Crippen LogP contribution in [0.2, 0.25) is 5.02 Å². The van der Waals surface area contributed by atoms with Crippen LogP contribution in [0.25, 0.3) is 5.76 Å². The third-order valence-corrected chi connectivity index (χ3v) is 6.26. The molecule has 1 aliphatic rings. The number of aliphatic hydroxyl groups is 1. The predicted molar refractivity (Wildman–Crippen MR) is 134 cm³/mol. The molecule has 3 aromatic carbocycles. The molecule has 1 saturated heterocycles. The molecule has 1 aliphatic heterocycles. The number of nitrogens with zero attached hydrogens (tertiary/aromatic N) is 1. The number of aryl methyl sites for hydroxylation is 1. The van der Waals surface area contributed by atoms with Crippen LogP contribution in [0.3, 0.4) is 0 Å². The Morgan fingerprint density at radius 2 is 1.77 bits per heavy atom. The quantitative estimate of drug-likeness (QED) is 0.263. The number of hydrogen-bond acceptors (Lipinski definition) is 5. The van der Waals surface area contributed by atoms with Gasteiger partial charge in [0.15, 0.2) is 0 Å². The zero-order valence-electron chi connectivity index (χ0n) is 19.5. The molecule has 1 amide bonds. The molecular formula is C28H26ClNO5. The maximum atomic E-state index is 13.0. The first kappa shape index (κ1) is 24.5. The lowest BCUT2D eigenvalue weighted by molar-refractivity contribution is -0.140. The third-order valence-electron chi connectivity index (χ3n) is 6.03. The number of aliphatic hydroxyl groups excluding tert-OH is 1. The highest BCUT2D eigenvalue weighted by atomic mass is 35.5. The van der Waals surface area contributed by atoms with Crippen molar-refractivity contribution in [3.8, 4) is 5.75 Å². The van der Waals surface area contributed by atoms with Crippen LogP contribution in [-0.2, 0) is 20.9 Å². The van der Waals surface area contributed by atoms with Crippen LogP contribution in [0.15, 0.2) is 78.4 Å². The second-order valence-corrected chi connectivity index (χ2v) is 8.72. The number of carbonyl (C=O) groups is 2. The zero-order chi connectivity index (χ0) is 24.9. The number of halogens is 1. The van der Waals surface area contributed by atoms with Crippen LogP contribution in [0, 0.1) is 6.92 Å². The van der Waals surface area contributed by atoms with Crippen molar-refractivity contribution in [2.24, 2.45) is 0 Å². The van der Waals surface area contributed by atoms with Gasteiger partial charge >= 0.3 is 0 Å². The van der Waals surface area contributed by atoms with Crippen LogP contribution in [0.1, 0.15) is 28.3 Å². The van der Waals surface area contributed by atoms with Crippen molar-refractivity contribution >= 4 is 29.1 Å². The Morgan fingerprint density at radius 3 is 2.46 bits per heavy atom. The van der Waals surface area contributed by atoms with Gasteiger partial charge in [0, 0.05) is 24.2 Å². The lowest BCUT2D eigenvalue weighted by atomic mass is 9.95. The van der Waals surface area contributed by atoms with Crippen molar-refractivity contribution in [2.45, 2.75) is 19.6 Å². The van der Waals surface area contributed by atoms with E-state index in [1.165, 1.54) is 12.0 Å². The Kier molecular flexibility index (Phi) is 7.54. The molecule has 3 aromatic rings. The molecular weight excluding hydrogens is 466 g/mol. The van der Waals surface area contributed by atoms with Crippen LogP contribution < -0.4 is 4.74 Å². The van der Waals surface area contributed by atoms with Gasteiger partial charge < -0.3 is 19.5 Å². The normalized spacial score (nSPS) is 17.1. The van der Waals surface area contributed by atoms with E-state index in [2.05, 4.69) is 0 Å². The van der Waals surface area contributed by atoms with Crippen molar-refractivity contribution < 1.29 is 24.2 Å². The van der Waals surface area contributed by atoms with Crippen LogP contribution >= 0.6 is 11.6 Å². The van der Waals surface area contributed by atoms with Gasteiger partial charge in [-0.2, -0.15) is 0 Å². The monoisotopic (exact) mass is 491 g/mol. The Morgan fingerprint density at radius 1 is 1.03 bits per heavy atom. The van der Waals surface area contributed by atoms with E-state index < -0.39 is 17.7 Å². The Labute approximate surface area is 209 Å². The van der Waals surface area contributed by atoms with Crippen LogP contribution in [-0.4, -0.2) is 42.0 Å². The van der Waals surface area contributed by atoms with Crippen molar-refractivity contribution in [2.75, 3.05) is 20.3 Å². The maximum Gasteiger partial charge on any atom is 0.295 e. The van der Waals surface area contributed by atoms with Gasteiger partial charge in [-0.3, -0.25) is 9.59 Å². The maximum absolute atomic E-state index is 13.0. The van der Waals surface area contributed by atoms with Crippen molar-refractivity contribution in [1.29, 1.82) is 0 Å². The summed E-state index contributed by atoms with van der Waals surface area (Å²) >= 11 is 6.09. The summed E-state index contributed by atoms with van der Waals surface area (Å²) in [7, 11) is 1.53. The number of amides is 1. The number of ketones is 1. The first-order chi connectivity index (χ1) is 16.9. The van der Waals surface area contributed by atoms with E-state index in [-0.39, 0.29) is 24.5 Å². The molecule has 0 radical (unpaired) electrons. The fourth-order valence-electron chi connectivity index (χ4n) is 4.12. The highest BCUT2D eigenvalue weighted by molar-refractivity contribution is 6.46. The van der Waals surface area contributed by atoms with Crippen molar-refractivity contribution in [1.82, 2.24) is 4.90 Å². The second-order valence-electron chi connectivity index (χ2n) is 8.28. The summed E-state index contributed by atoms with van der Waals surface area (Å²) in [4.78, 5) is 27.3. The number of Topliss-reactive ketones (excluding diaryl/α,β-unsaturated/α-hetero) is 1. The molecule has 0 bridgehead atoms. The Bertz CT molecular complexity index is 1270. The molecule has 1 atom stereocenters. The summed E-state index contributed by atoms with van der Waals surface area (Å²) in [5, 5.41) is 11.5. The first-order valence-electron chi connectivity index (χ1n) is 11.2. The van der Waals surface area contributed by atoms with E-state index in [4.69, 9.17) is 21.1 Å². The topological polar surface area (TPSA) is 76.1 Å². The fourth-order valence-corrected chi connectivity index (χ4v) is 4.31. The highest BCUT2D eigenvalue weighted by Gasteiger charge is 2.45. The summed E-state index contributed by atoms with van der Waals surface area (Å²) in [5.41, 5.74) is 3.29. The van der Waals surface area contributed by atoms with E-state index in [1.807, 2.05) is 31.2 Å². The highest BCUT2D eigenvalue weighted by Crippen LogP contribution is 2.40. The SMILES string of the molecule is COCCN1C(=O)C(=O)/C(=C(\O)c2cccc(Cl)c2)C1c1ccc(OCc2ccccc2C)cc1. The molecule has 6 nitrogen and oxygen atoms in total. The van der Waals surface area contributed by atoms with E-state index >= 15 is 0 Å². The van der Waals surface area contributed by atoms with Gasteiger partial charge in [-0.25, -0.2) is 0 Å². The van der Waals surface area contributed by atoms with Gasteiger partial charge in [-0.1, -0.05) is 60.1 Å². The van der Waals surface area contributed by atoms with Crippen molar-refractivity contribution in [3.63, 3.8) is 0 Å². The number of hydrogen-bond donors (Lipinski definition) is 1. The number of carbonyl (C=O) groups excluding carboxylic acids is 2. The fraction of sp³-hybridized carbons (Fsp3) is 0.214. The number of likely N-dealkylation sites (tertiary alicyclic amines) is 1. The number of methoxy groups -OCH3 is 1. The summed E-state index contributed by atoms with van der Waals surface area (Å²) in [5.74, 6) is -1.05. The smallest absolute Gasteiger partial charge is 0.295 e. The molecule has 1 unspecified atom stereocenters. The molecule has 4 rings (SSSR count). The number of rotatable bonds is 8. The molecule has 1 N–H and O–H groups in total. The minimum Gasteiger partial charge on any atom is -0.507 e. The molecule has 0 aromatic heterocycles. The summed E-state index contributed by atoms with van der Waals surface area (Å²) in [6.45, 7) is 2.90. The summed E-state index contributed by atoms with van der Waals surface area (Å²) < 4.78 is 11.1. The molecule has 180 valence electrons. The van der Waals surface area contributed by atoms with E-state index in [1.54, 1.807) is 48.5 Å². The van der Waals surface area contributed by atoms with E-state index in [0.717, 1.165) is 11.1 Å². The minimum atomic E-state index is -0.769. The Hall–Kier alpha value is -3.61. The Balaban J connectivity index is 1.67. The van der Waals surface area contributed by atoms with Gasteiger partial charge in [0.25, 0.3) is 11.7 Å². The van der Waals surface area contributed by atoms with Gasteiger partial charge in [0.2, 0.25) is 0 Å². The minimum absolute atomic E-state index is 0.0157. The molecule has 35 heavy (non-hydrogen) atoms. The largest absolute Gasteiger partial charge is 0.507 e. The standard InChI is InChI=1S/C28H26ClNO5/c1-18-6-3-4-7-21(18)17-35-23-12-10-19(11-13-23)25-24(26(31)20-8-5-9-22(29)16-20)27(32)28(33)30(25)14-15-34-2/h3-13,16,25,31H,14-15,17H2,1-2H3/b26-24-. The lowest BCUT2D eigenvalue weighted by Crippen LogP contribution is -2.32. The number of ether oxygens (including phenoxy) is 2. The number of benzene rings is 3. The summed E-state index contributed by atoms with van der Waals surface area (Å²) in [6, 6.07) is 21.0. The van der Waals surface area contributed by atoms with Gasteiger partial charge in [-0.15, -0.1) is 0 Å². The second kappa shape index (κ2) is 10.8. The first-order valence-corrected chi connectivity index (χ1v) is 11.6. The molecule has 0 aliphatic carbocycles. The van der Waals surface area contributed by atoms with Gasteiger partial charge in [0.1, 0.15) is 18.1 Å². The van der Waals surface area contributed by atoms with E-state index in [9.17, 15) is 14.7 Å². The zero-order valence-corrected chi connectivity index (χ0v) is 20.3. The van der Waals surface area contributed by atoms with Gasteiger partial charge in [-0.05, 0) is 47.9 Å². The lowest BCUT2D eigenvalue weighted by Gasteiger charge is -2.25. The van der Waals surface area contributed by atoms with Crippen LogP contribution in [0.5, 0.6) is 5.75 Å². The molecule has 1 heterocycles. The average Bonchev–Trinajstić information content (AvgIpc) is 3.11. The molecule has 1 fully saturated rings. The predicted octanol–water partition coefficient (Wildman–Crippen LogP) is 5.30.